The predicted octanol–water partition coefficient (Wildman–Crippen LogP) is 1.19. The molecule has 0 heterocycles. The number of hydrogen-bond acceptors (Lipinski definition) is 1. The summed E-state index contributed by atoms with van der Waals surface area (Å²) in [6.45, 7) is 0. The third kappa shape index (κ3) is 3.23. The van der Waals surface area contributed by atoms with Crippen LogP contribution in [-0.4, -0.2) is 5.91 Å². The Balaban J connectivity index is 2.84. The minimum Gasteiger partial charge on any atom is -0.369 e. The summed E-state index contributed by atoms with van der Waals surface area (Å²) in [6.07, 6.45) is -0.127. The minimum absolute atomic E-state index is 0.127. The van der Waals surface area contributed by atoms with Crippen molar-refractivity contribution in [1.82, 2.24) is 0 Å². The van der Waals surface area contributed by atoms with Crippen molar-refractivity contribution in [3.05, 3.63) is 35.4 Å². The van der Waals surface area contributed by atoms with Crippen molar-refractivity contribution in [2.75, 3.05) is 0 Å². The Bertz CT molecular complexity index is 398. The largest absolute Gasteiger partial charge is 0.369 e. The van der Waals surface area contributed by atoms with Crippen molar-refractivity contribution in [3.8, 4) is 11.8 Å². The van der Waals surface area contributed by atoms with Crippen molar-refractivity contribution >= 4 is 5.91 Å². The maximum atomic E-state index is 12.6. The van der Waals surface area contributed by atoms with E-state index < -0.39 is 17.5 Å². The highest BCUT2D eigenvalue weighted by molar-refractivity contribution is 5.76. The summed E-state index contributed by atoms with van der Waals surface area (Å²) in [6, 6.07) is 2.91. The molecule has 1 aromatic rings. The van der Waals surface area contributed by atoms with E-state index in [0.29, 0.717) is 0 Å². The highest BCUT2D eigenvalue weighted by atomic mass is 19.1. The van der Waals surface area contributed by atoms with Crippen molar-refractivity contribution < 1.29 is 13.6 Å². The molecule has 1 amide bonds. The van der Waals surface area contributed by atoms with Gasteiger partial charge < -0.3 is 5.73 Å². The first kappa shape index (κ1) is 10.2. The fourth-order valence-electron chi connectivity index (χ4n) is 0.859. The maximum Gasteiger partial charge on any atom is 0.229 e. The molecule has 0 aliphatic rings. The van der Waals surface area contributed by atoms with Gasteiger partial charge in [0.15, 0.2) is 0 Å². The monoisotopic (exact) mass is 195 g/mol. The number of hydrogen-bond donors (Lipinski definition) is 1. The van der Waals surface area contributed by atoms with Gasteiger partial charge in [-0.1, -0.05) is 11.8 Å². The second-order valence-corrected chi connectivity index (χ2v) is 2.60. The molecular formula is C10H7F2NO. The van der Waals surface area contributed by atoms with Gasteiger partial charge >= 0.3 is 0 Å². The summed E-state index contributed by atoms with van der Waals surface area (Å²) in [5, 5.41) is 0. The quantitative estimate of drug-likeness (QED) is 0.672. The van der Waals surface area contributed by atoms with E-state index in [4.69, 9.17) is 5.73 Å². The van der Waals surface area contributed by atoms with Gasteiger partial charge in [-0.3, -0.25) is 4.79 Å². The van der Waals surface area contributed by atoms with E-state index in [9.17, 15) is 13.6 Å². The van der Waals surface area contributed by atoms with Crippen molar-refractivity contribution in [1.29, 1.82) is 0 Å². The van der Waals surface area contributed by atoms with Gasteiger partial charge in [0.05, 0.1) is 6.42 Å². The highest BCUT2D eigenvalue weighted by Crippen LogP contribution is 2.06. The van der Waals surface area contributed by atoms with Crippen LogP contribution in [-0.2, 0) is 4.79 Å². The summed E-state index contributed by atoms with van der Waals surface area (Å²) >= 11 is 0. The summed E-state index contributed by atoms with van der Waals surface area (Å²) in [5.41, 5.74) is 5.01. The lowest BCUT2D eigenvalue weighted by Crippen LogP contribution is -2.08. The summed E-state index contributed by atoms with van der Waals surface area (Å²) in [5.74, 6) is 2.85. The number of amides is 1. The maximum absolute atomic E-state index is 12.6. The van der Waals surface area contributed by atoms with Crippen molar-refractivity contribution in [3.63, 3.8) is 0 Å². The first-order valence-corrected chi connectivity index (χ1v) is 3.81. The molecule has 0 fully saturated rings. The summed E-state index contributed by atoms with van der Waals surface area (Å²) in [7, 11) is 0. The van der Waals surface area contributed by atoms with Crippen LogP contribution in [0.1, 0.15) is 12.0 Å². The van der Waals surface area contributed by atoms with E-state index in [1.807, 2.05) is 0 Å². The lowest BCUT2D eigenvalue weighted by atomic mass is 10.2. The van der Waals surface area contributed by atoms with E-state index in [2.05, 4.69) is 11.8 Å². The van der Waals surface area contributed by atoms with Crippen LogP contribution in [0.5, 0.6) is 0 Å². The molecule has 1 aromatic carbocycles. The van der Waals surface area contributed by atoms with Gasteiger partial charge in [0.1, 0.15) is 11.6 Å². The number of benzene rings is 1. The molecule has 0 saturated carbocycles. The van der Waals surface area contributed by atoms with Gasteiger partial charge in [-0.25, -0.2) is 8.78 Å². The van der Waals surface area contributed by atoms with Crippen LogP contribution >= 0.6 is 0 Å². The Morgan fingerprint density at radius 2 is 1.86 bits per heavy atom. The van der Waals surface area contributed by atoms with E-state index in [-0.39, 0.29) is 12.0 Å². The third-order valence-corrected chi connectivity index (χ3v) is 1.36. The van der Waals surface area contributed by atoms with E-state index in [1.54, 1.807) is 0 Å². The Morgan fingerprint density at radius 1 is 1.29 bits per heavy atom. The molecule has 4 heteroatoms. The molecule has 2 N–H and O–H groups in total. The van der Waals surface area contributed by atoms with E-state index >= 15 is 0 Å². The molecule has 2 nitrogen and oxygen atoms in total. The van der Waals surface area contributed by atoms with Crippen LogP contribution in [0, 0.1) is 23.5 Å². The minimum atomic E-state index is -0.701. The van der Waals surface area contributed by atoms with Crippen LogP contribution < -0.4 is 5.73 Å². The van der Waals surface area contributed by atoms with Crippen LogP contribution in [0.2, 0.25) is 0 Å². The predicted molar refractivity (Wildman–Crippen MR) is 47.0 cm³/mol. The number of carbonyl (C=O) groups is 1. The van der Waals surface area contributed by atoms with Crippen LogP contribution in [0.4, 0.5) is 8.78 Å². The zero-order valence-corrected chi connectivity index (χ0v) is 7.18. The molecule has 72 valence electrons. The lowest BCUT2D eigenvalue weighted by molar-refractivity contribution is -0.117. The van der Waals surface area contributed by atoms with Gasteiger partial charge in [0.2, 0.25) is 5.91 Å². The fourth-order valence-corrected chi connectivity index (χ4v) is 0.859. The van der Waals surface area contributed by atoms with E-state index in [1.165, 1.54) is 0 Å². The van der Waals surface area contributed by atoms with Crippen LogP contribution in [0.15, 0.2) is 18.2 Å². The molecule has 1 rings (SSSR count). The van der Waals surface area contributed by atoms with Crippen molar-refractivity contribution in [2.24, 2.45) is 5.73 Å². The molecule has 0 aromatic heterocycles. The Hall–Kier alpha value is -1.89. The zero-order chi connectivity index (χ0) is 10.6. The molecule has 0 radical (unpaired) electrons. The number of halogens is 2. The second-order valence-electron chi connectivity index (χ2n) is 2.60. The zero-order valence-electron chi connectivity index (χ0n) is 7.18. The molecule has 0 aliphatic carbocycles. The molecule has 0 atom stereocenters. The topological polar surface area (TPSA) is 43.1 Å². The summed E-state index contributed by atoms with van der Waals surface area (Å²) < 4.78 is 25.2. The first-order chi connectivity index (χ1) is 6.58. The number of primary amides is 1. The van der Waals surface area contributed by atoms with Gasteiger partial charge in [0.25, 0.3) is 0 Å². The smallest absolute Gasteiger partial charge is 0.229 e. The van der Waals surface area contributed by atoms with Crippen molar-refractivity contribution in [2.45, 2.75) is 6.42 Å². The Kier molecular flexibility index (Phi) is 3.19. The normalized spacial score (nSPS) is 9.00. The van der Waals surface area contributed by atoms with Gasteiger partial charge in [0, 0.05) is 11.6 Å². The number of rotatable bonds is 1. The fraction of sp³-hybridized carbons (Fsp3) is 0.100. The van der Waals surface area contributed by atoms with Gasteiger partial charge in [-0.15, -0.1) is 0 Å². The van der Waals surface area contributed by atoms with Crippen LogP contribution in [0.3, 0.4) is 0 Å². The number of carbonyl (C=O) groups excluding carboxylic acids is 1. The van der Waals surface area contributed by atoms with Gasteiger partial charge in [-0.05, 0) is 12.1 Å². The molecule has 0 aliphatic heterocycles. The number of nitrogens with two attached hydrogens (primary N) is 1. The summed E-state index contributed by atoms with van der Waals surface area (Å²) in [4.78, 5) is 10.3. The van der Waals surface area contributed by atoms with Gasteiger partial charge in [-0.2, -0.15) is 0 Å². The average molecular weight is 195 g/mol. The molecule has 0 saturated heterocycles. The molecule has 0 bridgehead atoms. The first-order valence-electron chi connectivity index (χ1n) is 3.81. The average Bonchev–Trinajstić information content (AvgIpc) is 2.01. The molecule has 0 unspecified atom stereocenters. The van der Waals surface area contributed by atoms with E-state index in [0.717, 1.165) is 18.2 Å². The molecule has 14 heavy (non-hydrogen) atoms. The highest BCUT2D eigenvalue weighted by Gasteiger charge is 1.97. The Morgan fingerprint density at radius 3 is 2.36 bits per heavy atom. The SMILES string of the molecule is NC(=O)CC#Cc1cc(F)cc(F)c1. The lowest BCUT2D eigenvalue weighted by Gasteiger charge is -1.92. The molecule has 0 spiro atoms. The second kappa shape index (κ2) is 4.38. The standard InChI is InChI=1S/C10H7F2NO/c11-8-4-7(5-9(12)6-8)2-1-3-10(13)14/h4-6H,3H2,(H2,13,14). The Labute approximate surface area is 79.7 Å². The van der Waals surface area contributed by atoms with Crippen LogP contribution in [0.25, 0.3) is 0 Å². The third-order valence-electron chi connectivity index (χ3n) is 1.36. The molecular weight excluding hydrogens is 188 g/mol.